The van der Waals surface area contributed by atoms with Crippen LogP contribution in [0.5, 0.6) is 0 Å². The molecule has 3 aliphatic rings. The van der Waals surface area contributed by atoms with Crippen molar-refractivity contribution in [3.05, 3.63) is 35.6 Å². The van der Waals surface area contributed by atoms with Crippen LogP contribution in [0.3, 0.4) is 0 Å². The van der Waals surface area contributed by atoms with Crippen LogP contribution >= 0.6 is 0 Å². The fourth-order valence-electron chi connectivity index (χ4n) is 4.04. The van der Waals surface area contributed by atoms with Crippen molar-refractivity contribution in [2.75, 3.05) is 13.1 Å². The lowest BCUT2D eigenvalue weighted by atomic mass is 9.92. The number of rotatable bonds is 2. The Morgan fingerprint density at radius 1 is 1.17 bits per heavy atom. The maximum absolute atomic E-state index is 13.2. The van der Waals surface area contributed by atoms with Gasteiger partial charge in [0.05, 0.1) is 11.3 Å². The zero-order valence-corrected chi connectivity index (χ0v) is 13.1. The van der Waals surface area contributed by atoms with E-state index in [-0.39, 0.29) is 29.6 Å². The Morgan fingerprint density at radius 2 is 1.91 bits per heavy atom. The molecule has 23 heavy (non-hydrogen) atoms. The lowest BCUT2D eigenvalue weighted by Gasteiger charge is -2.31. The summed E-state index contributed by atoms with van der Waals surface area (Å²) in [6.45, 7) is 1.12. The summed E-state index contributed by atoms with van der Waals surface area (Å²) < 4.78 is 13.2. The van der Waals surface area contributed by atoms with Crippen molar-refractivity contribution in [2.45, 2.75) is 43.6 Å². The standard InChI is InChI=1S/C18H21FN2O2/c19-14-6-4-13(5-7-14)18(8-9-18)17(23)21-10-12-2-1-3-15(11-21)20-16(12)22/h4-7,12,15H,1-3,8-11H2,(H,20,22)/t12-,15-/m1/s1. The summed E-state index contributed by atoms with van der Waals surface area (Å²) in [5, 5.41) is 3.06. The van der Waals surface area contributed by atoms with Crippen molar-refractivity contribution in [3.63, 3.8) is 0 Å². The maximum Gasteiger partial charge on any atom is 0.233 e. The smallest absolute Gasteiger partial charge is 0.233 e. The summed E-state index contributed by atoms with van der Waals surface area (Å²) >= 11 is 0. The highest BCUT2D eigenvalue weighted by atomic mass is 19.1. The van der Waals surface area contributed by atoms with Crippen LogP contribution in [-0.4, -0.2) is 35.8 Å². The minimum absolute atomic E-state index is 0.0722. The number of likely N-dealkylation sites (tertiary alicyclic amines) is 1. The van der Waals surface area contributed by atoms with Crippen molar-refractivity contribution in [1.82, 2.24) is 10.2 Å². The first-order valence-electron chi connectivity index (χ1n) is 8.44. The number of carbonyl (C=O) groups excluding carboxylic acids is 2. The summed E-state index contributed by atoms with van der Waals surface area (Å²) in [5.41, 5.74) is 0.410. The molecule has 3 fully saturated rings. The molecule has 4 rings (SSSR count). The van der Waals surface area contributed by atoms with Crippen molar-refractivity contribution in [1.29, 1.82) is 0 Å². The quantitative estimate of drug-likeness (QED) is 0.907. The molecule has 2 bridgehead atoms. The van der Waals surface area contributed by atoms with E-state index >= 15 is 0 Å². The fourth-order valence-corrected chi connectivity index (χ4v) is 4.04. The fraction of sp³-hybridized carbons (Fsp3) is 0.556. The summed E-state index contributed by atoms with van der Waals surface area (Å²) in [5.74, 6) is -0.168. The predicted molar refractivity (Wildman–Crippen MR) is 83.2 cm³/mol. The van der Waals surface area contributed by atoms with Gasteiger partial charge in [-0.2, -0.15) is 0 Å². The summed E-state index contributed by atoms with van der Waals surface area (Å²) in [6.07, 6.45) is 4.46. The third-order valence-electron chi connectivity index (χ3n) is 5.55. The van der Waals surface area contributed by atoms with E-state index in [1.807, 2.05) is 4.90 Å². The first-order valence-corrected chi connectivity index (χ1v) is 8.44. The Bertz CT molecular complexity index is 639. The average Bonchev–Trinajstić information content (AvgIpc) is 3.32. The largest absolute Gasteiger partial charge is 0.351 e. The second-order valence-electron chi connectivity index (χ2n) is 7.13. The van der Waals surface area contributed by atoms with E-state index in [2.05, 4.69) is 5.32 Å². The van der Waals surface area contributed by atoms with Gasteiger partial charge in [0.25, 0.3) is 0 Å². The molecule has 1 aromatic carbocycles. The lowest BCUT2D eigenvalue weighted by molar-refractivity contribution is -0.135. The van der Waals surface area contributed by atoms with Crippen molar-refractivity contribution in [2.24, 2.45) is 5.92 Å². The Balaban J connectivity index is 1.59. The van der Waals surface area contributed by atoms with Crippen LogP contribution in [0.4, 0.5) is 4.39 Å². The number of amides is 2. The molecule has 2 heterocycles. The highest BCUT2D eigenvalue weighted by Gasteiger charge is 2.54. The third-order valence-corrected chi connectivity index (χ3v) is 5.55. The van der Waals surface area contributed by atoms with E-state index < -0.39 is 5.41 Å². The topological polar surface area (TPSA) is 49.4 Å². The molecule has 122 valence electrons. The van der Waals surface area contributed by atoms with E-state index in [1.54, 1.807) is 12.1 Å². The Morgan fingerprint density at radius 3 is 2.61 bits per heavy atom. The molecule has 0 spiro atoms. The Hall–Kier alpha value is -1.91. The van der Waals surface area contributed by atoms with Crippen LogP contribution in [-0.2, 0) is 15.0 Å². The molecule has 0 aromatic heterocycles. The second kappa shape index (κ2) is 5.32. The highest BCUT2D eigenvalue weighted by Crippen LogP contribution is 2.50. The number of halogens is 1. The van der Waals surface area contributed by atoms with Crippen LogP contribution in [0.2, 0.25) is 0 Å². The van der Waals surface area contributed by atoms with E-state index in [4.69, 9.17) is 0 Å². The molecule has 1 aromatic rings. The van der Waals surface area contributed by atoms with Crippen LogP contribution < -0.4 is 5.32 Å². The van der Waals surface area contributed by atoms with Crippen LogP contribution in [0.15, 0.2) is 24.3 Å². The minimum Gasteiger partial charge on any atom is -0.351 e. The molecule has 2 saturated heterocycles. The van der Waals surface area contributed by atoms with E-state index in [0.717, 1.165) is 37.7 Å². The number of hydrogen-bond donors (Lipinski definition) is 1. The molecule has 0 radical (unpaired) electrons. The van der Waals surface area contributed by atoms with Crippen LogP contribution in [0.25, 0.3) is 0 Å². The summed E-state index contributed by atoms with van der Waals surface area (Å²) in [6, 6.07) is 6.36. The van der Waals surface area contributed by atoms with Gasteiger partial charge in [-0.15, -0.1) is 0 Å². The molecule has 1 N–H and O–H groups in total. The molecule has 5 heteroatoms. The second-order valence-corrected chi connectivity index (χ2v) is 7.13. The lowest BCUT2D eigenvalue weighted by Crippen LogP contribution is -2.46. The zero-order chi connectivity index (χ0) is 16.0. The van der Waals surface area contributed by atoms with Gasteiger partial charge in [-0.1, -0.05) is 18.6 Å². The van der Waals surface area contributed by atoms with Gasteiger partial charge in [0, 0.05) is 19.1 Å². The molecule has 2 aliphatic heterocycles. The molecular formula is C18H21FN2O2. The molecule has 2 amide bonds. The third kappa shape index (κ3) is 2.52. The van der Waals surface area contributed by atoms with Gasteiger partial charge in [0.1, 0.15) is 5.82 Å². The number of fused-ring (bicyclic) bond motifs is 3. The number of hydrogen-bond acceptors (Lipinski definition) is 2. The van der Waals surface area contributed by atoms with E-state index in [1.165, 1.54) is 12.1 Å². The molecule has 1 aliphatic carbocycles. The average molecular weight is 316 g/mol. The normalized spacial score (nSPS) is 28.7. The molecule has 4 nitrogen and oxygen atoms in total. The van der Waals surface area contributed by atoms with Gasteiger partial charge >= 0.3 is 0 Å². The van der Waals surface area contributed by atoms with Crippen LogP contribution in [0.1, 0.15) is 37.7 Å². The predicted octanol–water partition coefficient (Wildman–Crippen LogP) is 1.98. The highest BCUT2D eigenvalue weighted by molar-refractivity contribution is 5.92. The van der Waals surface area contributed by atoms with Crippen molar-refractivity contribution >= 4 is 11.8 Å². The van der Waals surface area contributed by atoms with Crippen molar-refractivity contribution < 1.29 is 14.0 Å². The van der Waals surface area contributed by atoms with Gasteiger partial charge in [0.15, 0.2) is 0 Å². The molecule has 1 saturated carbocycles. The van der Waals surface area contributed by atoms with Gasteiger partial charge in [-0.3, -0.25) is 9.59 Å². The minimum atomic E-state index is -0.491. The van der Waals surface area contributed by atoms with E-state index in [0.29, 0.717) is 13.1 Å². The number of nitrogens with one attached hydrogen (secondary N) is 1. The zero-order valence-electron chi connectivity index (χ0n) is 13.1. The monoisotopic (exact) mass is 316 g/mol. The maximum atomic E-state index is 13.2. The Kier molecular flexibility index (Phi) is 3.39. The summed E-state index contributed by atoms with van der Waals surface area (Å²) in [7, 11) is 0. The van der Waals surface area contributed by atoms with E-state index in [9.17, 15) is 14.0 Å². The molecule has 0 unspecified atom stereocenters. The molecule has 2 atom stereocenters. The Labute approximate surface area is 135 Å². The SMILES string of the molecule is O=C1N[C@@H]2CCC[C@@H]1CN(C(=O)C1(c3ccc(F)cc3)CC1)C2. The van der Waals surface area contributed by atoms with Crippen LogP contribution in [0, 0.1) is 11.7 Å². The van der Waals surface area contributed by atoms with Gasteiger partial charge in [-0.25, -0.2) is 4.39 Å². The van der Waals surface area contributed by atoms with Gasteiger partial charge in [-0.05, 0) is 43.4 Å². The number of nitrogens with zero attached hydrogens (tertiary/aromatic N) is 1. The van der Waals surface area contributed by atoms with Gasteiger partial charge < -0.3 is 10.2 Å². The number of carbonyl (C=O) groups is 2. The van der Waals surface area contributed by atoms with Crippen molar-refractivity contribution in [3.8, 4) is 0 Å². The summed E-state index contributed by atoms with van der Waals surface area (Å²) in [4.78, 5) is 27.2. The number of benzene rings is 1. The first kappa shape index (κ1) is 14.7. The molecular weight excluding hydrogens is 295 g/mol. The van der Waals surface area contributed by atoms with Gasteiger partial charge in [0.2, 0.25) is 11.8 Å². The first-order chi connectivity index (χ1) is 11.1.